The number of piperazine rings is 1. The molecule has 0 unspecified atom stereocenters. The summed E-state index contributed by atoms with van der Waals surface area (Å²) < 4.78 is 38.1. The zero-order valence-electron chi connectivity index (χ0n) is 15.8. The predicted molar refractivity (Wildman–Crippen MR) is 104 cm³/mol. The Morgan fingerprint density at radius 3 is 2.33 bits per heavy atom. The van der Waals surface area contributed by atoms with Gasteiger partial charge in [-0.05, 0) is 17.7 Å². The summed E-state index contributed by atoms with van der Waals surface area (Å²) in [6, 6.07) is 15.2. The van der Waals surface area contributed by atoms with Gasteiger partial charge in [-0.2, -0.15) is 4.31 Å². The molecular formula is C20H27N2O4S+. The standard InChI is InChI=1S/C20H26N2O4S/c1-25-18-8-9-20(19(16-18)26-2)27(23,24)22-14-12-21(13-15-22)11-10-17-6-4-3-5-7-17/h3-9,16H,10-15H2,1-2H3/p+1. The summed E-state index contributed by atoms with van der Waals surface area (Å²) in [4.78, 5) is 1.63. The average molecular weight is 392 g/mol. The van der Waals surface area contributed by atoms with Crippen molar-refractivity contribution in [3.63, 3.8) is 0 Å². The fourth-order valence-electron chi connectivity index (χ4n) is 3.39. The molecule has 0 saturated carbocycles. The van der Waals surface area contributed by atoms with Crippen LogP contribution < -0.4 is 14.4 Å². The van der Waals surface area contributed by atoms with Gasteiger partial charge in [-0.3, -0.25) is 0 Å². The monoisotopic (exact) mass is 391 g/mol. The third kappa shape index (κ3) is 4.61. The quantitative estimate of drug-likeness (QED) is 0.760. The number of nitrogens with one attached hydrogen (secondary N) is 1. The molecule has 6 nitrogen and oxygen atoms in total. The van der Waals surface area contributed by atoms with Gasteiger partial charge in [0.2, 0.25) is 10.0 Å². The molecule has 0 aliphatic carbocycles. The van der Waals surface area contributed by atoms with E-state index in [0.717, 1.165) is 26.1 Å². The van der Waals surface area contributed by atoms with E-state index in [1.807, 2.05) is 6.07 Å². The first-order chi connectivity index (χ1) is 13.0. The van der Waals surface area contributed by atoms with Crippen molar-refractivity contribution in [3.05, 3.63) is 54.1 Å². The van der Waals surface area contributed by atoms with Gasteiger partial charge >= 0.3 is 0 Å². The third-order valence-electron chi connectivity index (χ3n) is 5.03. The molecule has 0 spiro atoms. The van der Waals surface area contributed by atoms with Crippen molar-refractivity contribution in [2.24, 2.45) is 0 Å². The van der Waals surface area contributed by atoms with Crippen molar-refractivity contribution in [2.75, 3.05) is 46.9 Å². The van der Waals surface area contributed by atoms with Crippen LogP contribution in [0.1, 0.15) is 5.56 Å². The van der Waals surface area contributed by atoms with E-state index in [2.05, 4.69) is 24.3 Å². The lowest BCUT2D eigenvalue weighted by atomic mass is 10.1. The van der Waals surface area contributed by atoms with Gasteiger partial charge in [-0.25, -0.2) is 8.42 Å². The molecule has 0 atom stereocenters. The Hall–Kier alpha value is -2.09. The van der Waals surface area contributed by atoms with Gasteiger partial charge in [-0.1, -0.05) is 30.3 Å². The highest BCUT2D eigenvalue weighted by atomic mass is 32.2. The van der Waals surface area contributed by atoms with Gasteiger partial charge < -0.3 is 14.4 Å². The second-order valence-corrected chi connectivity index (χ2v) is 8.56. The second kappa shape index (κ2) is 8.73. The van der Waals surface area contributed by atoms with Gasteiger partial charge in [0.25, 0.3) is 0 Å². The molecule has 2 aromatic rings. The van der Waals surface area contributed by atoms with Crippen molar-refractivity contribution >= 4 is 10.0 Å². The number of hydrogen-bond acceptors (Lipinski definition) is 4. The molecule has 0 radical (unpaired) electrons. The topological polar surface area (TPSA) is 60.3 Å². The summed E-state index contributed by atoms with van der Waals surface area (Å²) in [7, 11) is -0.567. The number of hydrogen-bond donors (Lipinski definition) is 1. The number of quaternary nitrogens is 1. The van der Waals surface area contributed by atoms with Crippen LogP contribution in [0.15, 0.2) is 53.4 Å². The average Bonchev–Trinajstić information content (AvgIpc) is 2.72. The SMILES string of the molecule is COc1ccc(S(=O)(=O)N2CC[NH+](CCc3ccccc3)CC2)c(OC)c1. The fraction of sp³-hybridized carbons (Fsp3) is 0.400. The normalized spacial score (nSPS) is 16.2. The Bertz CT molecular complexity index is 848. The number of methoxy groups -OCH3 is 2. The van der Waals surface area contributed by atoms with Crippen LogP contribution >= 0.6 is 0 Å². The molecule has 1 fully saturated rings. The zero-order chi connectivity index (χ0) is 19.3. The largest absolute Gasteiger partial charge is 0.497 e. The van der Waals surface area contributed by atoms with E-state index < -0.39 is 10.0 Å². The van der Waals surface area contributed by atoms with Crippen LogP contribution in [0.2, 0.25) is 0 Å². The summed E-state index contributed by atoms with van der Waals surface area (Å²) in [6.07, 6.45) is 1.01. The van der Waals surface area contributed by atoms with Gasteiger partial charge in [0.05, 0.1) is 46.9 Å². The summed E-state index contributed by atoms with van der Waals surface area (Å²) in [5, 5.41) is 0. The van der Waals surface area contributed by atoms with Crippen molar-refractivity contribution < 1.29 is 22.8 Å². The minimum Gasteiger partial charge on any atom is -0.497 e. The molecule has 146 valence electrons. The van der Waals surface area contributed by atoms with Crippen molar-refractivity contribution in [3.8, 4) is 11.5 Å². The molecular weight excluding hydrogens is 364 g/mol. The Kier molecular flexibility index (Phi) is 6.36. The maximum Gasteiger partial charge on any atom is 0.247 e. The lowest BCUT2D eigenvalue weighted by Crippen LogP contribution is -3.15. The van der Waals surface area contributed by atoms with Crippen molar-refractivity contribution in [2.45, 2.75) is 11.3 Å². The van der Waals surface area contributed by atoms with Crippen molar-refractivity contribution in [1.82, 2.24) is 4.31 Å². The highest BCUT2D eigenvalue weighted by Gasteiger charge is 2.32. The lowest BCUT2D eigenvalue weighted by molar-refractivity contribution is -0.903. The second-order valence-electron chi connectivity index (χ2n) is 6.66. The van der Waals surface area contributed by atoms with E-state index in [1.54, 1.807) is 29.6 Å². The summed E-state index contributed by atoms with van der Waals surface area (Å²) in [5.74, 6) is 0.883. The van der Waals surface area contributed by atoms with Crippen LogP contribution in [0.25, 0.3) is 0 Å². The smallest absolute Gasteiger partial charge is 0.247 e. The molecule has 0 aromatic heterocycles. The van der Waals surface area contributed by atoms with E-state index in [1.165, 1.54) is 17.6 Å². The highest BCUT2D eigenvalue weighted by Crippen LogP contribution is 2.30. The first-order valence-corrected chi connectivity index (χ1v) is 10.6. The first kappa shape index (κ1) is 19.7. The minimum atomic E-state index is -3.58. The Balaban J connectivity index is 1.63. The number of ether oxygens (including phenoxy) is 2. The molecule has 1 N–H and O–H groups in total. The van der Waals surface area contributed by atoms with Crippen molar-refractivity contribution in [1.29, 1.82) is 0 Å². The highest BCUT2D eigenvalue weighted by molar-refractivity contribution is 7.89. The van der Waals surface area contributed by atoms with Crippen LogP contribution in [-0.2, 0) is 16.4 Å². The van der Waals surface area contributed by atoms with Gasteiger partial charge in [0.1, 0.15) is 16.4 Å². The minimum absolute atomic E-state index is 0.193. The number of rotatable bonds is 7. The Labute approximate surface area is 161 Å². The Morgan fingerprint density at radius 1 is 1.00 bits per heavy atom. The molecule has 7 heteroatoms. The number of benzene rings is 2. The molecule has 0 amide bonds. The molecule has 0 bridgehead atoms. The molecule has 27 heavy (non-hydrogen) atoms. The van der Waals surface area contributed by atoms with E-state index in [-0.39, 0.29) is 4.90 Å². The van der Waals surface area contributed by atoms with Crippen LogP contribution in [0.4, 0.5) is 0 Å². The lowest BCUT2D eigenvalue weighted by Gasteiger charge is -2.31. The first-order valence-electron chi connectivity index (χ1n) is 9.14. The third-order valence-corrected chi connectivity index (χ3v) is 6.97. The molecule has 2 aromatic carbocycles. The Morgan fingerprint density at radius 2 is 1.70 bits per heavy atom. The maximum atomic E-state index is 13.0. The maximum absolute atomic E-state index is 13.0. The van der Waals surface area contributed by atoms with E-state index in [0.29, 0.717) is 24.6 Å². The molecule has 1 heterocycles. The summed E-state index contributed by atoms with van der Waals surface area (Å²) in [6.45, 7) is 3.67. The molecule has 1 aliphatic heterocycles. The van der Waals surface area contributed by atoms with Gasteiger partial charge in [-0.15, -0.1) is 0 Å². The van der Waals surface area contributed by atoms with Gasteiger partial charge in [0.15, 0.2) is 0 Å². The summed E-state index contributed by atoms with van der Waals surface area (Å²) >= 11 is 0. The van der Waals surface area contributed by atoms with Crippen LogP contribution in [0.3, 0.4) is 0 Å². The predicted octanol–water partition coefficient (Wildman–Crippen LogP) is 0.836. The van der Waals surface area contributed by atoms with Crippen LogP contribution in [0.5, 0.6) is 11.5 Å². The van der Waals surface area contributed by atoms with E-state index in [4.69, 9.17) is 9.47 Å². The van der Waals surface area contributed by atoms with Gasteiger partial charge in [0, 0.05) is 12.5 Å². The zero-order valence-corrected chi connectivity index (χ0v) is 16.7. The molecule has 3 rings (SSSR count). The van der Waals surface area contributed by atoms with E-state index in [9.17, 15) is 8.42 Å². The fourth-order valence-corrected chi connectivity index (χ4v) is 4.96. The molecule has 1 aliphatic rings. The number of sulfonamides is 1. The summed E-state index contributed by atoms with van der Waals surface area (Å²) in [5.41, 5.74) is 1.32. The van der Waals surface area contributed by atoms with E-state index >= 15 is 0 Å². The molecule has 1 saturated heterocycles. The van der Waals surface area contributed by atoms with Crippen LogP contribution in [0, 0.1) is 0 Å². The van der Waals surface area contributed by atoms with Crippen LogP contribution in [-0.4, -0.2) is 59.7 Å². The number of nitrogens with zero attached hydrogens (tertiary/aromatic N) is 1.